The molecule has 0 saturated carbocycles. The Labute approximate surface area is 182 Å². The molecule has 0 spiro atoms. The van der Waals surface area contributed by atoms with E-state index in [0.717, 1.165) is 27.5 Å². The molecule has 0 unspecified atom stereocenters. The van der Waals surface area contributed by atoms with E-state index in [1.54, 1.807) is 6.92 Å². The van der Waals surface area contributed by atoms with Crippen LogP contribution < -0.4 is 5.36 Å². The third-order valence-electron chi connectivity index (χ3n) is 4.41. The summed E-state index contributed by atoms with van der Waals surface area (Å²) in [5.41, 5.74) is 3.39. The molecule has 0 atom stereocenters. The molecular weight excluding hydrogens is 420 g/mol. The molecule has 2 aromatic carbocycles. The molecule has 7 heteroatoms. The zero-order chi connectivity index (χ0) is 21.1. The van der Waals surface area contributed by atoms with E-state index in [-0.39, 0.29) is 12.4 Å². The van der Waals surface area contributed by atoms with Crippen LogP contribution in [0.2, 0.25) is 5.02 Å². The van der Waals surface area contributed by atoms with Crippen LogP contribution in [0.15, 0.2) is 63.3 Å². The van der Waals surface area contributed by atoms with Gasteiger partial charge in [-0.2, -0.15) is 0 Å². The average molecular weight is 439 g/mol. The lowest BCUT2D eigenvalue weighted by molar-refractivity contribution is -0.142. The van der Waals surface area contributed by atoms with Crippen molar-refractivity contribution < 1.29 is 13.9 Å². The van der Waals surface area contributed by atoms with Crippen molar-refractivity contribution in [1.82, 2.24) is 4.98 Å². The summed E-state index contributed by atoms with van der Waals surface area (Å²) < 4.78 is 11.1. The summed E-state index contributed by atoms with van der Waals surface area (Å²) in [5, 5.41) is 4.72. The Morgan fingerprint density at radius 1 is 1.20 bits per heavy atom. The third kappa shape index (κ3) is 4.61. The number of hydrogen-bond acceptors (Lipinski definition) is 6. The predicted molar refractivity (Wildman–Crippen MR) is 119 cm³/mol. The van der Waals surface area contributed by atoms with Gasteiger partial charge in [-0.05, 0) is 50.2 Å². The first kappa shape index (κ1) is 20.3. The van der Waals surface area contributed by atoms with Gasteiger partial charge < -0.3 is 9.15 Å². The quantitative estimate of drug-likeness (QED) is 0.366. The van der Waals surface area contributed by atoms with Crippen LogP contribution in [-0.4, -0.2) is 17.6 Å². The van der Waals surface area contributed by atoms with Gasteiger partial charge in [0.15, 0.2) is 0 Å². The summed E-state index contributed by atoms with van der Waals surface area (Å²) in [7, 11) is 0. The highest BCUT2D eigenvalue weighted by Crippen LogP contribution is 2.25. The lowest BCUT2D eigenvalue weighted by Crippen LogP contribution is -2.07. The number of esters is 1. The Balaban J connectivity index is 1.80. The second-order valence-electron chi connectivity index (χ2n) is 6.72. The second-order valence-corrected chi connectivity index (χ2v) is 7.99. The Morgan fingerprint density at radius 3 is 2.77 bits per heavy atom. The number of carbonyl (C=O) groups excluding carboxylic acids is 1. The minimum absolute atomic E-state index is 0.139. The van der Waals surface area contributed by atoms with E-state index >= 15 is 0 Å². The molecule has 152 valence electrons. The summed E-state index contributed by atoms with van der Waals surface area (Å²) in [6.07, 6.45) is 0.139. The van der Waals surface area contributed by atoms with Crippen LogP contribution in [0.5, 0.6) is 0 Å². The van der Waals surface area contributed by atoms with Crippen LogP contribution >= 0.6 is 22.9 Å². The number of carbonyl (C=O) groups is 1. The van der Waals surface area contributed by atoms with E-state index in [1.165, 1.54) is 11.3 Å². The van der Waals surface area contributed by atoms with Crippen LogP contribution in [0.4, 0.5) is 5.13 Å². The molecule has 0 fully saturated rings. The number of fused-ring (bicyclic) bond motifs is 1. The van der Waals surface area contributed by atoms with Crippen molar-refractivity contribution in [2.45, 2.75) is 20.3 Å². The maximum atomic E-state index is 11.7. The average Bonchev–Trinajstić information content (AvgIpc) is 3.15. The van der Waals surface area contributed by atoms with Gasteiger partial charge in [0, 0.05) is 27.4 Å². The fraction of sp³-hybridized carbons (Fsp3) is 0.174. The molecule has 4 rings (SSSR count). The lowest BCUT2D eigenvalue weighted by Gasteiger charge is -2.06. The van der Waals surface area contributed by atoms with Crippen LogP contribution in [0.1, 0.15) is 18.2 Å². The Hall–Kier alpha value is -2.96. The van der Waals surface area contributed by atoms with E-state index in [2.05, 4.69) is 4.98 Å². The number of halogens is 1. The lowest BCUT2D eigenvalue weighted by atomic mass is 10.1. The van der Waals surface area contributed by atoms with Crippen molar-refractivity contribution in [3.05, 3.63) is 75.5 Å². The molecule has 5 nitrogen and oxygen atoms in total. The highest BCUT2D eigenvalue weighted by atomic mass is 35.5. The smallest absolute Gasteiger partial charge is 0.311 e. The summed E-state index contributed by atoms with van der Waals surface area (Å²) >= 11 is 7.41. The number of aromatic nitrogens is 1. The molecule has 2 aromatic heterocycles. The standard InChI is InChI=1S/C23H19ClN2O3S/c1-3-28-22(27)11-17-13-30-23(25-17)26-19-12-21(15-5-7-16(24)8-6-15)29-20-9-4-14(2)10-18(19)20/h4-10,12-13H,3,11H2,1-2H3/b26-19+. The van der Waals surface area contributed by atoms with Gasteiger partial charge >= 0.3 is 5.97 Å². The zero-order valence-corrected chi connectivity index (χ0v) is 18.1. The number of nitrogens with zero attached hydrogens (tertiary/aromatic N) is 2. The Bertz CT molecular complexity index is 1280. The molecule has 4 aromatic rings. The third-order valence-corrected chi connectivity index (χ3v) is 5.45. The molecule has 2 heterocycles. The van der Waals surface area contributed by atoms with Gasteiger partial charge in [-0.3, -0.25) is 4.79 Å². The SMILES string of the molecule is CCOC(=O)Cc1csc(/N=c2\cc(-c3ccc(Cl)cc3)oc3ccc(C)cc23)n1. The first-order chi connectivity index (χ1) is 14.5. The van der Waals surface area contributed by atoms with E-state index in [4.69, 9.17) is 25.7 Å². The number of aryl methyl sites for hydroxylation is 1. The fourth-order valence-electron chi connectivity index (χ4n) is 3.02. The van der Waals surface area contributed by atoms with Crippen molar-refractivity contribution in [2.24, 2.45) is 4.99 Å². The maximum Gasteiger partial charge on any atom is 0.311 e. The predicted octanol–water partition coefficient (Wildman–Crippen LogP) is 5.86. The van der Waals surface area contributed by atoms with Crippen LogP contribution in [0, 0.1) is 6.92 Å². The number of hydrogen-bond donors (Lipinski definition) is 0. The molecular formula is C23H19ClN2O3S. The molecule has 30 heavy (non-hydrogen) atoms. The first-order valence-corrected chi connectivity index (χ1v) is 10.7. The molecule has 0 saturated heterocycles. The van der Waals surface area contributed by atoms with Crippen LogP contribution in [0.25, 0.3) is 22.3 Å². The van der Waals surface area contributed by atoms with Gasteiger partial charge in [-0.1, -0.05) is 23.2 Å². The molecule has 0 amide bonds. The largest absolute Gasteiger partial charge is 0.466 e. The van der Waals surface area contributed by atoms with Crippen molar-refractivity contribution in [3.8, 4) is 11.3 Å². The topological polar surface area (TPSA) is 64.7 Å². The van der Waals surface area contributed by atoms with Gasteiger partial charge in [0.05, 0.1) is 24.1 Å². The molecule has 0 aliphatic rings. The van der Waals surface area contributed by atoms with Crippen LogP contribution in [-0.2, 0) is 16.0 Å². The van der Waals surface area contributed by atoms with E-state index in [9.17, 15) is 4.79 Å². The first-order valence-electron chi connectivity index (χ1n) is 9.47. The van der Waals surface area contributed by atoms with Crippen molar-refractivity contribution in [2.75, 3.05) is 6.61 Å². The van der Waals surface area contributed by atoms with E-state index in [0.29, 0.717) is 28.2 Å². The number of benzene rings is 2. The van der Waals surface area contributed by atoms with Gasteiger partial charge in [0.1, 0.15) is 11.3 Å². The highest BCUT2D eigenvalue weighted by molar-refractivity contribution is 7.13. The van der Waals surface area contributed by atoms with Crippen molar-refractivity contribution in [3.63, 3.8) is 0 Å². The van der Waals surface area contributed by atoms with Gasteiger partial charge in [0.25, 0.3) is 0 Å². The van der Waals surface area contributed by atoms with Crippen molar-refractivity contribution >= 4 is 45.0 Å². The summed E-state index contributed by atoms with van der Waals surface area (Å²) in [5.74, 6) is 0.393. The van der Waals surface area contributed by atoms with Crippen molar-refractivity contribution in [1.29, 1.82) is 0 Å². The second kappa shape index (κ2) is 8.81. The zero-order valence-electron chi connectivity index (χ0n) is 16.5. The molecule has 0 aliphatic heterocycles. The normalized spacial score (nSPS) is 11.8. The summed E-state index contributed by atoms with van der Waals surface area (Å²) in [6.45, 7) is 4.16. The van der Waals surface area contributed by atoms with Gasteiger partial charge in [-0.25, -0.2) is 9.98 Å². The number of ether oxygens (including phenoxy) is 1. The Morgan fingerprint density at radius 2 is 2.00 bits per heavy atom. The van der Waals surface area contributed by atoms with Crippen LogP contribution in [0.3, 0.4) is 0 Å². The van der Waals surface area contributed by atoms with E-state index < -0.39 is 0 Å². The van der Waals surface area contributed by atoms with Gasteiger partial charge in [-0.15, -0.1) is 11.3 Å². The molecule has 0 N–H and O–H groups in total. The molecule has 0 radical (unpaired) electrons. The molecule has 0 bridgehead atoms. The summed E-state index contributed by atoms with van der Waals surface area (Å²) in [6, 6.07) is 15.3. The number of thiazole rings is 1. The van der Waals surface area contributed by atoms with Gasteiger partial charge in [0.2, 0.25) is 5.13 Å². The number of rotatable bonds is 5. The Kier molecular flexibility index (Phi) is 5.97. The molecule has 0 aliphatic carbocycles. The fourth-order valence-corrected chi connectivity index (χ4v) is 3.85. The monoisotopic (exact) mass is 438 g/mol. The minimum atomic E-state index is -0.293. The van der Waals surface area contributed by atoms with E-state index in [1.807, 2.05) is 60.8 Å². The minimum Gasteiger partial charge on any atom is -0.466 e. The highest BCUT2D eigenvalue weighted by Gasteiger charge is 2.10. The maximum absolute atomic E-state index is 11.7. The summed E-state index contributed by atoms with van der Waals surface area (Å²) in [4.78, 5) is 20.9.